The molecule has 2 fully saturated rings. The van der Waals surface area contributed by atoms with Gasteiger partial charge in [-0.25, -0.2) is 0 Å². The van der Waals surface area contributed by atoms with Crippen LogP contribution in [0.2, 0.25) is 0 Å². The summed E-state index contributed by atoms with van der Waals surface area (Å²) < 4.78 is 0. The number of likely N-dealkylation sites (N-methyl/N-ethyl adjacent to an activating group) is 1. The predicted molar refractivity (Wildman–Crippen MR) is 130 cm³/mol. The Bertz CT molecular complexity index is 1280. The lowest BCUT2D eigenvalue weighted by Gasteiger charge is -2.46. The molecule has 6 N–H and O–H groups in total. The molecule has 5 rings (SSSR count). The zero-order valence-corrected chi connectivity index (χ0v) is 20.9. The number of likely N-dealkylation sites (tertiary alicyclic amines) is 1. The van der Waals surface area contributed by atoms with Crippen molar-refractivity contribution >= 4 is 23.2 Å². The summed E-state index contributed by atoms with van der Waals surface area (Å²) in [7, 11) is 3.04. The smallest absolute Gasteiger partial charge is 0.259 e. The highest BCUT2D eigenvalue weighted by Crippen LogP contribution is 2.61. The van der Waals surface area contributed by atoms with Crippen LogP contribution in [0.5, 0.6) is 5.75 Å². The molecule has 1 aliphatic heterocycles. The Kier molecular flexibility index (Phi) is 5.76. The van der Waals surface area contributed by atoms with Gasteiger partial charge in [-0.05, 0) is 58.6 Å². The Balaban J connectivity index is 1.68. The predicted octanol–water partition coefficient (Wildman–Crippen LogP) is -0.0769. The molecule has 0 bridgehead atoms. The number of fused-ring (bicyclic) bond motifs is 4. The van der Waals surface area contributed by atoms with Crippen molar-refractivity contribution in [3.63, 3.8) is 0 Å². The van der Waals surface area contributed by atoms with Crippen LogP contribution in [0.1, 0.15) is 30.9 Å². The van der Waals surface area contributed by atoms with Gasteiger partial charge in [0.25, 0.3) is 5.91 Å². The highest BCUT2D eigenvalue weighted by molar-refractivity contribution is 6.25. The number of ketones is 2. The maximum Gasteiger partial charge on any atom is 0.259 e. The number of Topliss-reactive ketones (excluding diaryl/α,β-unsaturated/α-hetero) is 2. The number of hydrogen-bond acceptors (Lipinski definition) is 10. The number of aromatic hydroxyl groups is 1. The molecule has 11 nitrogen and oxygen atoms in total. The van der Waals surface area contributed by atoms with E-state index in [4.69, 9.17) is 0 Å². The molecule has 198 valence electrons. The zero-order valence-electron chi connectivity index (χ0n) is 20.9. The maximum absolute atomic E-state index is 13.8. The summed E-state index contributed by atoms with van der Waals surface area (Å²) in [5, 5.41) is 59.0. The number of rotatable bonds is 4. The largest absolute Gasteiger partial charge is 0.508 e. The number of phenolic OH excluding ortho intramolecular Hbond substituents is 1. The molecule has 4 aliphatic rings. The van der Waals surface area contributed by atoms with Gasteiger partial charge >= 0.3 is 0 Å². The lowest BCUT2D eigenvalue weighted by Crippen LogP contribution is -2.62. The maximum atomic E-state index is 13.8. The van der Waals surface area contributed by atoms with E-state index < -0.39 is 75.0 Å². The van der Waals surface area contributed by atoms with Crippen LogP contribution in [0.3, 0.4) is 0 Å². The third-order valence-electron chi connectivity index (χ3n) is 8.33. The second kappa shape index (κ2) is 8.38. The van der Waals surface area contributed by atoms with Crippen molar-refractivity contribution in [1.29, 1.82) is 0 Å². The molecule has 5 atom stereocenters. The summed E-state index contributed by atoms with van der Waals surface area (Å²) in [4.78, 5) is 44.1. The Morgan fingerprint density at radius 2 is 1.78 bits per heavy atom. The fourth-order valence-electron chi connectivity index (χ4n) is 6.60. The third-order valence-corrected chi connectivity index (χ3v) is 8.33. The number of benzene rings is 1. The van der Waals surface area contributed by atoms with Crippen LogP contribution >= 0.6 is 0 Å². The number of aliphatic hydroxyl groups excluding tert-OH is 2. The molecule has 3 aliphatic carbocycles. The summed E-state index contributed by atoms with van der Waals surface area (Å²) >= 11 is 0. The number of aliphatic hydroxyl groups is 4. The molecule has 0 aromatic heterocycles. The number of carbonyl (C=O) groups is 3. The van der Waals surface area contributed by atoms with Crippen LogP contribution in [0.25, 0.3) is 5.76 Å². The first-order valence-corrected chi connectivity index (χ1v) is 12.3. The average Bonchev–Trinajstić information content (AvgIpc) is 3.43. The second-order valence-corrected chi connectivity index (χ2v) is 10.7. The molecule has 1 amide bonds. The summed E-state index contributed by atoms with van der Waals surface area (Å²) in [6, 6.07) is 2.89. The number of carbonyl (C=O) groups excluding carboxylic acids is 3. The third kappa shape index (κ3) is 3.31. The Morgan fingerprint density at radius 3 is 2.41 bits per heavy atom. The van der Waals surface area contributed by atoms with Crippen LogP contribution < -0.4 is 5.32 Å². The first kappa shape index (κ1) is 25.4. The van der Waals surface area contributed by atoms with Gasteiger partial charge in [-0.1, -0.05) is 12.1 Å². The SMILES string of the molecule is CN(C)[C@@H]1C(=O)C(C(=O)NCN2CCCC2)=C(O)[C@@]2(O)C(=O)C3=C(O)c4c(O)cccc4[C@@](C)(O)C3C12. The van der Waals surface area contributed by atoms with E-state index in [0.717, 1.165) is 25.9 Å². The highest BCUT2D eigenvalue weighted by atomic mass is 16.4. The standard InChI is InChI=1S/C26H31N3O8/c1-25(36)12-7-6-8-13(30)14(12)20(31)15-17(25)18-19(28(2)3)21(32)16(23(34)26(18,37)22(15)33)24(35)27-11-29-9-4-5-10-29/h6-8,17-19,30-31,34,36-37H,4-5,9-11H2,1-3H3,(H,27,35)/t17?,18?,19-,25+,26-/m0/s1. The second-order valence-electron chi connectivity index (χ2n) is 10.7. The number of nitrogens with one attached hydrogen (secondary N) is 1. The molecule has 0 spiro atoms. The number of hydrogen-bond donors (Lipinski definition) is 6. The molecule has 1 heterocycles. The van der Waals surface area contributed by atoms with E-state index in [1.54, 1.807) is 0 Å². The molecule has 1 aromatic rings. The zero-order chi connectivity index (χ0) is 27.0. The van der Waals surface area contributed by atoms with E-state index >= 15 is 0 Å². The Labute approximate surface area is 213 Å². The Hall–Kier alpha value is -3.25. The fraction of sp³-hybridized carbons (Fsp3) is 0.500. The van der Waals surface area contributed by atoms with Gasteiger partial charge in [0, 0.05) is 17.4 Å². The van der Waals surface area contributed by atoms with Gasteiger partial charge in [-0.2, -0.15) is 0 Å². The number of nitrogens with zero attached hydrogens (tertiary/aromatic N) is 2. The van der Waals surface area contributed by atoms with E-state index in [1.165, 1.54) is 44.1 Å². The molecule has 2 unspecified atom stereocenters. The van der Waals surface area contributed by atoms with Gasteiger partial charge in [0.15, 0.2) is 11.4 Å². The minimum absolute atomic E-state index is 0.0957. The summed E-state index contributed by atoms with van der Waals surface area (Å²) in [6.07, 6.45) is 1.94. The first-order valence-electron chi connectivity index (χ1n) is 12.3. The molecule has 0 radical (unpaired) electrons. The Morgan fingerprint density at radius 1 is 1.14 bits per heavy atom. The average molecular weight is 514 g/mol. The van der Waals surface area contributed by atoms with Gasteiger partial charge in [0.05, 0.1) is 23.9 Å². The van der Waals surface area contributed by atoms with E-state index in [0.29, 0.717) is 0 Å². The molecular weight excluding hydrogens is 482 g/mol. The molecule has 1 saturated carbocycles. The van der Waals surface area contributed by atoms with Crippen LogP contribution in [0, 0.1) is 11.8 Å². The van der Waals surface area contributed by atoms with Crippen molar-refractivity contribution in [2.24, 2.45) is 11.8 Å². The van der Waals surface area contributed by atoms with Crippen molar-refractivity contribution in [3.8, 4) is 5.75 Å². The minimum atomic E-state index is -2.78. The summed E-state index contributed by atoms with van der Waals surface area (Å²) in [5.74, 6) is -7.83. The van der Waals surface area contributed by atoms with Crippen molar-refractivity contribution in [3.05, 3.63) is 46.2 Å². The lowest BCUT2D eigenvalue weighted by atomic mass is 9.63. The number of phenols is 1. The van der Waals surface area contributed by atoms with Gasteiger partial charge in [0.1, 0.15) is 22.8 Å². The van der Waals surface area contributed by atoms with E-state index in [2.05, 4.69) is 5.32 Å². The van der Waals surface area contributed by atoms with Gasteiger partial charge in [-0.15, -0.1) is 0 Å². The van der Waals surface area contributed by atoms with Gasteiger partial charge in [0.2, 0.25) is 5.78 Å². The normalized spacial score (nSPS) is 33.6. The van der Waals surface area contributed by atoms with Crippen LogP contribution in [0.15, 0.2) is 35.1 Å². The molecule has 1 saturated heterocycles. The summed E-state index contributed by atoms with van der Waals surface area (Å²) in [6.45, 7) is 3.02. The summed E-state index contributed by atoms with van der Waals surface area (Å²) in [5.41, 5.74) is -5.95. The fourth-order valence-corrected chi connectivity index (χ4v) is 6.60. The molecular formula is C26H31N3O8. The van der Waals surface area contributed by atoms with Crippen molar-refractivity contribution in [1.82, 2.24) is 15.1 Å². The minimum Gasteiger partial charge on any atom is -0.508 e. The van der Waals surface area contributed by atoms with Gasteiger partial charge in [-0.3, -0.25) is 24.2 Å². The van der Waals surface area contributed by atoms with Crippen molar-refractivity contribution < 1.29 is 39.9 Å². The van der Waals surface area contributed by atoms with Gasteiger partial charge < -0.3 is 30.8 Å². The molecule has 11 heteroatoms. The first-order chi connectivity index (χ1) is 17.3. The van der Waals surface area contributed by atoms with E-state index in [1.807, 2.05) is 4.90 Å². The van der Waals surface area contributed by atoms with Crippen LogP contribution in [-0.2, 0) is 20.0 Å². The number of amides is 1. The molecule has 1 aromatic carbocycles. The quantitative estimate of drug-likeness (QED) is 0.299. The highest BCUT2D eigenvalue weighted by Gasteiger charge is 2.72. The lowest BCUT2D eigenvalue weighted by molar-refractivity contribution is -0.148. The van der Waals surface area contributed by atoms with E-state index in [9.17, 15) is 39.9 Å². The topological polar surface area (TPSA) is 171 Å². The van der Waals surface area contributed by atoms with Crippen molar-refractivity contribution in [2.75, 3.05) is 33.9 Å². The van der Waals surface area contributed by atoms with Crippen LogP contribution in [0.4, 0.5) is 0 Å². The monoisotopic (exact) mass is 513 g/mol. The van der Waals surface area contributed by atoms with E-state index in [-0.39, 0.29) is 17.8 Å². The van der Waals surface area contributed by atoms with Crippen LogP contribution in [-0.4, -0.2) is 98.3 Å². The molecule has 37 heavy (non-hydrogen) atoms. The van der Waals surface area contributed by atoms with Crippen molar-refractivity contribution in [2.45, 2.75) is 37.0 Å².